The standard InChI is InChI=1S/C17H23N3O3/c1-10(2)15(17(22)23-3)20-16(21)13(18)8-11-9-19-14-7-5-4-6-12(11)14/h4-7,9-10,13,15,19H,8,18H2,1-3H3,(H,20,21)/t13-,15-/m1/s1. The molecule has 0 saturated carbocycles. The maximum Gasteiger partial charge on any atom is 0.328 e. The fourth-order valence-corrected chi connectivity index (χ4v) is 2.52. The number of fused-ring (bicyclic) bond motifs is 1. The molecule has 0 saturated heterocycles. The van der Waals surface area contributed by atoms with Crippen molar-refractivity contribution in [1.29, 1.82) is 0 Å². The van der Waals surface area contributed by atoms with Crippen molar-refractivity contribution in [2.45, 2.75) is 32.4 Å². The number of hydrogen-bond acceptors (Lipinski definition) is 4. The Morgan fingerprint density at radius 2 is 2.00 bits per heavy atom. The summed E-state index contributed by atoms with van der Waals surface area (Å²) >= 11 is 0. The summed E-state index contributed by atoms with van der Waals surface area (Å²) in [6.45, 7) is 3.68. The second kappa shape index (κ2) is 7.28. The molecular formula is C17H23N3O3. The molecule has 23 heavy (non-hydrogen) atoms. The molecule has 0 aliphatic heterocycles. The summed E-state index contributed by atoms with van der Waals surface area (Å²) < 4.78 is 4.72. The van der Waals surface area contributed by atoms with Gasteiger partial charge in [0.1, 0.15) is 6.04 Å². The quantitative estimate of drug-likeness (QED) is 0.701. The molecule has 2 atom stereocenters. The average molecular weight is 317 g/mol. The summed E-state index contributed by atoms with van der Waals surface area (Å²) in [5.41, 5.74) is 7.99. The number of H-pyrrole nitrogens is 1. The molecule has 1 heterocycles. The van der Waals surface area contributed by atoms with Gasteiger partial charge >= 0.3 is 5.97 Å². The lowest BCUT2D eigenvalue weighted by Crippen LogP contribution is -2.51. The van der Waals surface area contributed by atoms with Gasteiger partial charge in [-0.1, -0.05) is 32.0 Å². The Labute approximate surface area is 135 Å². The number of nitrogens with one attached hydrogen (secondary N) is 2. The van der Waals surface area contributed by atoms with Crippen molar-refractivity contribution in [3.63, 3.8) is 0 Å². The van der Waals surface area contributed by atoms with Crippen molar-refractivity contribution < 1.29 is 14.3 Å². The number of methoxy groups -OCH3 is 1. The lowest BCUT2D eigenvalue weighted by molar-refractivity contribution is -0.146. The molecule has 6 heteroatoms. The molecule has 0 spiro atoms. The van der Waals surface area contributed by atoms with E-state index >= 15 is 0 Å². The number of carbonyl (C=O) groups is 2. The van der Waals surface area contributed by atoms with Gasteiger partial charge in [-0.05, 0) is 24.0 Å². The summed E-state index contributed by atoms with van der Waals surface area (Å²) in [6.07, 6.45) is 2.25. The molecule has 0 bridgehead atoms. The van der Waals surface area contributed by atoms with Crippen molar-refractivity contribution in [3.8, 4) is 0 Å². The van der Waals surface area contributed by atoms with Crippen LogP contribution in [0.4, 0.5) is 0 Å². The van der Waals surface area contributed by atoms with Gasteiger partial charge < -0.3 is 20.8 Å². The molecular weight excluding hydrogens is 294 g/mol. The van der Waals surface area contributed by atoms with Gasteiger partial charge in [0.15, 0.2) is 0 Å². The van der Waals surface area contributed by atoms with E-state index in [-0.39, 0.29) is 11.8 Å². The third kappa shape index (κ3) is 3.90. The number of esters is 1. The third-order valence-electron chi connectivity index (χ3n) is 3.87. The second-order valence-electron chi connectivity index (χ2n) is 5.92. The fourth-order valence-electron chi connectivity index (χ4n) is 2.52. The number of aromatic nitrogens is 1. The Morgan fingerprint density at radius 3 is 2.65 bits per heavy atom. The van der Waals surface area contributed by atoms with E-state index in [1.807, 2.05) is 44.3 Å². The highest BCUT2D eigenvalue weighted by molar-refractivity contribution is 5.89. The van der Waals surface area contributed by atoms with Gasteiger partial charge in [-0.25, -0.2) is 4.79 Å². The van der Waals surface area contributed by atoms with Crippen LogP contribution in [0.2, 0.25) is 0 Å². The Bertz CT molecular complexity index is 693. The van der Waals surface area contributed by atoms with Crippen LogP contribution >= 0.6 is 0 Å². The van der Waals surface area contributed by atoms with Crippen molar-refractivity contribution in [2.75, 3.05) is 7.11 Å². The van der Waals surface area contributed by atoms with Crippen molar-refractivity contribution in [2.24, 2.45) is 11.7 Å². The molecule has 0 aliphatic rings. The largest absolute Gasteiger partial charge is 0.467 e. The number of hydrogen-bond donors (Lipinski definition) is 3. The highest BCUT2D eigenvalue weighted by atomic mass is 16.5. The fraction of sp³-hybridized carbons (Fsp3) is 0.412. The van der Waals surface area contributed by atoms with E-state index in [4.69, 9.17) is 10.5 Å². The first-order valence-corrected chi connectivity index (χ1v) is 7.62. The molecule has 4 N–H and O–H groups in total. The molecule has 0 unspecified atom stereocenters. The molecule has 124 valence electrons. The van der Waals surface area contributed by atoms with Gasteiger partial charge in [0.25, 0.3) is 0 Å². The van der Waals surface area contributed by atoms with E-state index < -0.39 is 18.1 Å². The Hall–Kier alpha value is -2.34. The maximum absolute atomic E-state index is 12.3. The minimum absolute atomic E-state index is 0.0771. The van der Waals surface area contributed by atoms with Gasteiger partial charge in [-0.2, -0.15) is 0 Å². The Morgan fingerprint density at radius 1 is 1.30 bits per heavy atom. The van der Waals surface area contributed by atoms with Gasteiger partial charge in [-0.3, -0.25) is 4.79 Å². The van der Waals surface area contributed by atoms with Gasteiger partial charge in [0.05, 0.1) is 13.2 Å². The highest BCUT2D eigenvalue weighted by Gasteiger charge is 2.27. The van der Waals surface area contributed by atoms with E-state index in [1.54, 1.807) is 0 Å². The number of carbonyl (C=O) groups excluding carboxylic acids is 2. The maximum atomic E-state index is 12.3. The molecule has 1 aromatic carbocycles. The van der Waals surface area contributed by atoms with Crippen LogP contribution in [0.15, 0.2) is 30.5 Å². The summed E-state index contributed by atoms with van der Waals surface area (Å²) in [7, 11) is 1.30. The van der Waals surface area contributed by atoms with E-state index in [0.29, 0.717) is 6.42 Å². The number of para-hydroxylation sites is 1. The van der Waals surface area contributed by atoms with E-state index in [2.05, 4.69) is 10.3 Å². The van der Waals surface area contributed by atoms with Gasteiger partial charge in [0, 0.05) is 17.1 Å². The normalized spacial score (nSPS) is 13.8. The number of nitrogens with two attached hydrogens (primary N) is 1. The first-order valence-electron chi connectivity index (χ1n) is 7.62. The number of benzene rings is 1. The SMILES string of the molecule is COC(=O)[C@H](NC(=O)[C@H](N)Cc1c[nH]c2ccccc12)C(C)C. The zero-order valence-corrected chi connectivity index (χ0v) is 13.6. The van der Waals surface area contributed by atoms with E-state index in [1.165, 1.54) is 7.11 Å². The first-order chi connectivity index (χ1) is 10.9. The molecule has 0 radical (unpaired) electrons. The number of ether oxygens (including phenoxy) is 1. The van der Waals surface area contributed by atoms with Crippen LogP contribution in [0.5, 0.6) is 0 Å². The topological polar surface area (TPSA) is 97.2 Å². The molecule has 6 nitrogen and oxygen atoms in total. The van der Waals surface area contributed by atoms with E-state index in [9.17, 15) is 9.59 Å². The molecule has 1 aromatic heterocycles. The summed E-state index contributed by atoms with van der Waals surface area (Å²) in [5.74, 6) is -0.904. The number of amides is 1. The van der Waals surface area contributed by atoms with Crippen LogP contribution in [0.25, 0.3) is 10.9 Å². The van der Waals surface area contributed by atoms with Crippen LogP contribution in [0, 0.1) is 5.92 Å². The van der Waals surface area contributed by atoms with Crippen molar-refractivity contribution >= 4 is 22.8 Å². The molecule has 0 aliphatic carbocycles. The Kier molecular flexibility index (Phi) is 5.39. The van der Waals surface area contributed by atoms with Crippen molar-refractivity contribution in [3.05, 3.63) is 36.0 Å². The average Bonchev–Trinajstić information content (AvgIpc) is 2.94. The molecule has 0 fully saturated rings. The van der Waals surface area contributed by atoms with Crippen LogP contribution < -0.4 is 11.1 Å². The third-order valence-corrected chi connectivity index (χ3v) is 3.87. The minimum Gasteiger partial charge on any atom is -0.467 e. The zero-order valence-electron chi connectivity index (χ0n) is 13.6. The van der Waals surface area contributed by atoms with Crippen molar-refractivity contribution in [1.82, 2.24) is 10.3 Å². The number of rotatable bonds is 6. The van der Waals surface area contributed by atoms with Gasteiger partial charge in [-0.15, -0.1) is 0 Å². The smallest absolute Gasteiger partial charge is 0.328 e. The number of aromatic amines is 1. The van der Waals surface area contributed by atoms with E-state index in [0.717, 1.165) is 16.5 Å². The summed E-state index contributed by atoms with van der Waals surface area (Å²) in [5, 5.41) is 3.72. The first kappa shape index (κ1) is 17.0. The van der Waals surface area contributed by atoms with Crippen LogP contribution in [0.3, 0.4) is 0 Å². The highest BCUT2D eigenvalue weighted by Crippen LogP contribution is 2.18. The second-order valence-corrected chi connectivity index (χ2v) is 5.92. The zero-order chi connectivity index (χ0) is 17.0. The molecule has 2 rings (SSSR count). The van der Waals surface area contributed by atoms with Gasteiger partial charge in [0.2, 0.25) is 5.91 Å². The predicted molar refractivity (Wildman–Crippen MR) is 88.8 cm³/mol. The predicted octanol–water partition coefficient (Wildman–Crippen LogP) is 1.35. The lowest BCUT2D eigenvalue weighted by Gasteiger charge is -2.21. The molecule has 2 aromatic rings. The van der Waals surface area contributed by atoms with Crippen LogP contribution in [-0.2, 0) is 20.7 Å². The molecule has 1 amide bonds. The summed E-state index contributed by atoms with van der Waals surface area (Å²) in [4.78, 5) is 27.2. The monoisotopic (exact) mass is 317 g/mol. The van der Waals surface area contributed by atoms with Crippen LogP contribution in [-0.4, -0.2) is 36.1 Å². The lowest BCUT2D eigenvalue weighted by atomic mass is 10.0. The minimum atomic E-state index is -0.736. The summed E-state index contributed by atoms with van der Waals surface area (Å²) in [6, 6.07) is 6.41. The van der Waals surface area contributed by atoms with Crippen LogP contribution in [0.1, 0.15) is 19.4 Å². The Balaban J connectivity index is 2.06.